The van der Waals surface area contributed by atoms with Crippen LogP contribution in [-0.2, 0) is 0 Å². The number of guanidine groups is 1. The largest absolute Gasteiger partial charge is 0.369 e. The molecule has 0 aliphatic rings. The third-order valence-corrected chi connectivity index (χ3v) is 4.50. The minimum absolute atomic E-state index is 0.0123. The number of benzene rings is 1. The first-order chi connectivity index (χ1) is 11.5. The Morgan fingerprint density at radius 2 is 2.08 bits per heavy atom. The number of nitro benzene ring substituents is 1. The predicted molar refractivity (Wildman–Crippen MR) is 96.3 cm³/mol. The summed E-state index contributed by atoms with van der Waals surface area (Å²) in [5.41, 5.74) is 12.5. The van der Waals surface area contributed by atoms with Gasteiger partial charge in [0.05, 0.1) is 26.3 Å². The van der Waals surface area contributed by atoms with E-state index in [-0.39, 0.29) is 11.6 Å². The molecular formula is C13H10BrN7O2S. The normalized spacial score (nSPS) is 11.2. The minimum atomic E-state index is -0.451. The molecule has 0 fully saturated rings. The molecule has 0 aliphatic heterocycles. The zero-order valence-corrected chi connectivity index (χ0v) is 14.4. The Balaban J connectivity index is 2.12. The second-order valence-corrected chi connectivity index (χ2v) is 7.00. The van der Waals surface area contributed by atoms with Gasteiger partial charge >= 0.3 is 0 Å². The highest BCUT2D eigenvalue weighted by atomic mass is 79.9. The van der Waals surface area contributed by atoms with Gasteiger partial charge in [-0.3, -0.25) is 14.5 Å². The highest BCUT2D eigenvalue weighted by Crippen LogP contribution is 2.30. The van der Waals surface area contributed by atoms with Gasteiger partial charge in [0.15, 0.2) is 4.96 Å². The molecule has 0 unspecified atom stereocenters. The summed E-state index contributed by atoms with van der Waals surface area (Å²) < 4.78 is 2.73. The first kappa shape index (κ1) is 16.1. The van der Waals surface area contributed by atoms with E-state index in [2.05, 4.69) is 31.1 Å². The fourth-order valence-corrected chi connectivity index (χ4v) is 3.42. The number of imidazole rings is 1. The standard InChI is InChI=1S/C13H10BrN7O2S/c14-10-6-20-9(5-17-19-12(15)16)11(18-13(20)24-10)7-1-3-8(4-2-7)21(22)23/h1-6H,(H4,15,16,19)/b17-5+. The Morgan fingerprint density at radius 3 is 2.71 bits per heavy atom. The van der Waals surface area contributed by atoms with E-state index < -0.39 is 4.92 Å². The molecule has 2 aromatic heterocycles. The molecule has 0 radical (unpaired) electrons. The summed E-state index contributed by atoms with van der Waals surface area (Å²) in [5, 5.41) is 18.2. The van der Waals surface area contributed by atoms with E-state index in [9.17, 15) is 10.1 Å². The van der Waals surface area contributed by atoms with Gasteiger partial charge in [-0.15, -0.1) is 5.10 Å². The molecule has 11 heteroatoms. The molecule has 2 heterocycles. The average molecular weight is 408 g/mol. The number of aromatic nitrogens is 2. The summed E-state index contributed by atoms with van der Waals surface area (Å²) in [4.78, 5) is 15.6. The van der Waals surface area contributed by atoms with E-state index in [0.29, 0.717) is 11.4 Å². The summed E-state index contributed by atoms with van der Waals surface area (Å²) in [6.45, 7) is 0. The van der Waals surface area contributed by atoms with Gasteiger partial charge in [0.2, 0.25) is 5.96 Å². The first-order valence-corrected chi connectivity index (χ1v) is 8.11. The quantitative estimate of drug-likeness (QED) is 0.295. The van der Waals surface area contributed by atoms with Crippen molar-refractivity contribution in [1.29, 1.82) is 0 Å². The zero-order chi connectivity index (χ0) is 17.3. The Hall–Kier alpha value is -2.79. The predicted octanol–water partition coefficient (Wildman–Crippen LogP) is 2.34. The van der Waals surface area contributed by atoms with E-state index in [1.54, 1.807) is 12.1 Å². The summed E-state index contributed by atoms with van der Waals surface area (Å²) >= 11 is 4.85. The number of rotatable bonds is 4. The fraction of sp³-hybridized carbons (Fsp3) is 0. The van der Waals surface area contributed by atoms with Crippen LogP contribution in [0, 0.1) is 10.1 Å². The summed E-state index contributed by atoms with van der Waals surface area (Å²) in [6.07, 6.45) is 3.33. The molecule has 122 valence electrons. The molecule has 0 atom stereocenters. The number of thiazole rings is 1. The lowest BCUT2D eigenvalue weighted by molar-refractivity contribution is -0.384. The van der Waals surface area contributed by atoms with Crippen LogP contribution in [0.3, 0.4) is 0 Å². The van der Waals surface area contributed by atoms with Crippen LogP contribution in [0.25, 0.3) is 16.2 Å². The van der Waals surface area contributed by atoms with Crippen molar-refractivity contribution in [1.82, 2.24) is 9.38 Å². The number of nitrogens with zero attached hydrogens (tertiary/aromatic N) is 5. The number of hydrogen-bond acceptors (Lipinski definition) is 6. The van der Waals surface area contributed by atoms with Crippen LogP contribution in [0.15, 0.2) is 44.5 Å². The van der Waals surface area contributed by atoms with Crippen molar-refractivity contribution in [3.63, 3.8) is 0 Å². The van der Waals surface area contributed by atoms with E-state index >= 15 is 0 Å². The lowest BCUT2D eigenvalue weighted by Crippen LogP contribution is -2.21. The molecule has 0 saturated heterocycles. The lowest BCUT2D eigenvalue weighted by atomic mass is 10.1. The van der Waals surface area contributed by atoms with Crippen LogP contribution in [0.5, 0.6) is 0 Å². The van der Waals surface area contributed by atoms with Crippen molar-refractivity contribution >= 4 is 50.1 Å². The zero-order valence-electron chi connectivity index (χ0n) is 12.0. The van der Waals surface area contributed by atoms with Gasteiger partial charge in [-0.25, -0.2) is 4.98 Å². The number of hydrogen-bond donors (Lipinski definition) is 2. The molecule has 0 bridgehead atoms. The molecular weight excluding hydrogens is 398 g/mol. The second-order valence-electron chi connectivity index (χ2n) is 4.61. The number of fused-ring (bicyclic) bond motifs is 1. The molecule has 1 aromatic carbocycles. The van der Waals surface area contributed by atoms with Crippen molar-refractivity contribution in [2.75, 3.05) is 0 Å². The maximum atomic E-state index is 10.8. The van der Waals surface area contributed by atoms with E-state index in [0.717, 1.165) is 14.3 Å². The Kier molecular flexibility index (Phi) is 4.27. The molecule has 0 amide bonds. The van der Waals surface area contributed by atoms with Gasteiger partial charge in [0.1, 0.15) is 0 Å². The number of halogens is 1. The summed E-state index contributed by atoms with van der Waals surface area (Å²) in [7, 11) is 0. The molecule has 4 N–H and O–H groups in total. The molecule has 0 spiro atoms. The second kappa shape index (κ2) is 6.37. The highest BCUT2D eigenvalue weighted by molar-refractivity contribution is 9.11. The van der Waals surface area contributed by atoms with Crippen LogP contribution in [0.2, 0.25) is 0 Å². The Labute approximate surface area is 147 Å². The lowest BCUT2D eigenvalue weighted by Gasteiger charge is -1.99. The van der Waals surface area contributed by atoms with E-state index in [4.69, 9.17) is 11.5 Å². The number of nitro groups is 1. The summed E-state index contributed by atoms with van der Waals surface area (Å²) in [5.74, 6) is -0.157. The Bertz CT molecular complexity index is 970. The summed E-state index contributed by atoms with van der Waals surface area (Å²) in [6, 6.07) is 6.13. The van der Waals surface area contributed by atoms with Crippen molar-refractivity contribution in [2.45, 2.75) is 0 Å². The van der Waals surface area contributed by atoms with Crippen LogP contribution in [-0.4, -0.2) is 26.5 Å². The van der Waals surface area contributed by atoms with Gasteiger partial charge in [-0.05, 0) is 28.1 Å². The maximum absolute atomic E-state index is 10.8. The third kappa shape index (κ3) is 3.12. The topological polar surface area (TPSA) is 137 Å². The SMILES string of the molecule is NC(N)=N/N=C/c1c(-c2ccc([N+](=O)[O-])cc2)nc2sc(Br)cn12. The highest BCUT2D eigenvalue weighted by Gasteiger charge is 2.16. The molecule has 3 aromatic rings. The van der Waals surface area contributed by atoms with Crippen LogP contribution >= 0.6 is 27.3 Å². The van der Waals surface area contributed by atoms with Gasteiger partial charge in [-0.1, -0.05) is 11.3 Å². The van der Waals surface area contributed by atoms with E-state index in [1.807, 2.05) is 10.6 Å². The number of nitrogens with two attached hydrogens (primary N) is 2. The molecule has 24 heavy (non-hydrogen) atoms. The van der Waals surface area contributed by atoms with Crippen LogP contribution in [0.1, 0.15) is 5.69 Å². The fourth-order valence-electron chi connectivity index (χ4n) is 2.06. The van der Waals surface area contributed by atoms with Gasteiger partial charge < -0.3 is 11.5 Å². The van der Waals surface area contributed by atoms with Crippen LogP contribution < -0.4 is 11.5 Å². The maximum Gasteiger partial charge on any atom is 0.269 e. The van der Waals surface area contributed by atoms with E-state index in [1.165, 1.54) is 29.7 Å². The average Bonchev–Trinajstić information content (AvgIpc) is 3.04. The monoisotopic (exact) mass is 407 g/mol. The van der Waals surface area contributed by atoms with Crippen molar-refractivity contribution in [2.24, 2.45) is 21.7 Å². The van der Waals surface area contributed by atoms with Gasteiger partial charge in [-0.2, -0.15) is 5.10 Å². The van der Waals surface area contributed by atoms with Crippen molar-refractivity contribution in [3.05, 3.63) is 50.1 Å². The molecule has 0 saturated carbocycles. The van der Waals surface area contributed by atoms with Crippen molar-refractivity contribution in [3.8, 4) is 11.3 Å². The smallest absolute Gasteiger partial charge is 0.269 e. The van der Waals surface area contributed by atoms with Crippen molar-refractivity contribution < 1.29 is 4.92 Å². The minimum Gasteiger partial charge on any atom is -0.369 e. The van der Waals surface area contributed by atoms with Crippen LogP contribution in [0.4, 0.5) is 5.69 Å². The number of non-ortho nitro benzene ring substituents is 1. The third-order valence-electron chi connectivity index (χ3n) is 3.04. The Morgan fingerprint density at radius 1 is 1.38 bits per heavy atom. The van der Waals surface area contributed by atoms with Gasteiger partial charge in [0, 0.05) is 23.9 Å². The van der Waals surface area contributed by atoms with Gasteiger partial charge in [0.25, 0.3) is 5.69 Å². The first-order valence-electron chi connectivity index (χ1n) is 6.50. The molecule has 3 rings (SSSR count). The molecule has 0 aliphatic carbocycles. The molecule has 9 nitrogen and oxygen atoms in total.